The van der Waals surface area contributed by atoms with Gasteiger partial charge in [0, 0.05) is 0 Å². The molecule has 1 atom stereocenters. The molecule has 0 aliphatic carbocycles. The Labute approximate surface area is 75.9 Å². The Morgan fingerprint density at radius 1 is 1.45 bits per heavy atom. The lowest BCUT2D eigenvalue weighted by Crippen LogP contribution is -2.24. The van der Waals surface area contributed by atoms with Crippen LogP contribution in [0.25, 0.3) is 0 Å². The van der Waals surface area contributed by atoms with E-state index in [1.807, 2.05) is 0 Å². The van der Waals surface area contributed by atoms with Crippen molar-refractivity contribution >= 4 is 12.6 Å². The van der Waals surface area contributed by atoms with Crippen LogP contribution in [-0.2, 0) is 4.74 Å². The first-order valence-corrected chi connectivity index (χ1v) is 4.87. The molecule has 0 spiro atoms. The zero-order chi connectivity index (χ0) is 8.91. The summed E-state index contributed by atoms with van der Waals surface area (Å²) in [6.45, 7) is 9.39. The summed E-state index contributed by atoms with van der Waals surface area (Å²) >= 11 is 4.25. The van der Waals surface area contributed by atoms with E-state index >= 15 is 0 Å². The second-order valence-corrected chi connectivity index (χ2v) is 4.17. The average molecular weight is 176 g/mol. The lowest BCUT2D eigenvalue weighted by molar-refractivity contribution is 0.0187. The van der Waals surface area contributed by atoms with Gasteiger partial charge in [-0.1, -0.05) is 20.8 Å². The maximum absolute atomic E-state index is 5.60. The molecule has 0 saturated carbocycles. The molecule has 0 aromatic rings. The zero-order valence-electron chi connectivity index (χ0n) is 8.05. The molecule has 0 saturated heterocycles. The van der Waals surface area contributed by atoms with Gasteiger partial charge in [0.2, 0.25) is 0 Å². The van der Waals surface area contributed by atoms with Crippen molar-refractivity contribution in [2.75, 3.05) is 12.4 Å². The van der Waals surface area contributed by atoms with Gasteiger partial charge < -0.3 is 4.74 Å². The molecule has 0 aliphatic heterocycles. The molecule has 0 heterocycles. The smallest absolute Gasteiger partial charge is 0.0544 e. The van der Waals surface area contributed by atoms with E-state index in [9.17, 15) is 0 Å². The Hall–Kier alpha value is 0.310. The quantitative estimate of drug-likeness (QED) is 0.634. The first-order chi connectivity index (χ1) is 5.02. The fraction of sp³-hybridized carbons (Fsp3) is 1.00. The molecular formula is C9H20OS. The van der Waals surface area contributed by atoms with E-state index in [2.05, 4.69) is 40.3 Å². The number of hydrogen-bond donors (Lipinski definition) is 1. The van der Waals surface area contributed by atoms with E-state index in [1.165, 1.54) is 0 Å². The molecule has 2 heteroatoms. The first-order valence-electron chi connectivity index (χ1n) is 4.24. The third-order valence-corrected chi connectivity index (χ3v) is 2.62. The summed E-state index contributed by atoms with van der Waals surface area (Å²) in [6, 6.07) is 0. The maximum Gasteiger partial charge on any atom is 0.0544 e. The van der Waals surface area contributed by atoms with Crippen molar-refractivity contribution < 1.29 is 4.74 Å². The summed E-state index contributed by atoms with van der Waals surface area (Å²) in [5.74, 6) is 0.878. The Morgan fingerprint density at radius 2 is 2.00 bits per heavy atom. The molecule has 0 rings (SSSR count). The number of hydrogen-bond acceptors (Lipinski definition) is 2. The summed E-state index contributed by atoms with van der Waals surface area (Å²) in [5, 5.41) is 0. The van der Waals surface area contributed by atoms with Crippen molar-refractivity contribution in [3.05, 3.63) is 0 Å². The van der Waals surface area contributed by atoms with Gasteiger partial charge in [-0.05, 0) is 24.5 Å². The Kier molecular flexibility index (Phi) is 5.19. The Bertz CT molecular complexity index is 102. The minimum absolute atomic E-state index is 0.215. The van der Waals surface area contributed by atoms with Crippen LogP contribution >= 0.6 is 12.6 Å². The van der Waals surface area contributed by atoms with Gasteiger partial charge in [-0.3, -0.25) is 0 Å². The van der Waals surface area contributed by atoms with E-state index in [1.54, 1.807) is 0 Å². The van der Waals surface area contributed by atoms with E-state index in [-0.39, 0.29) is 5.41 Å². The third-order valence-electron chi connectivity index (χ3n) is 1.76. The highest BCUT2D eigenvalue weighted by atomic mass is 32.1. The maximum atomic E-state index is 5.60. The van der Waals surface area contributed by atoms with E-state index in [4.69, 9.17) is 4.74 Å². The van der Waals surface area contributed by atoms with Crippen LogP contribution in [-0.4, -0.2) is 18.5 Å². The fourth-order valence-corrected chi connectivity index (χ4v) is 0.623. The lowest BCUT2D eigenvalue weighted by Gasteiger charge is -2.23. The van der Waals surface area contributed by atoms with Gasteiger partial charge in [-0.2, -0.15) is 12.6 Å². The monoisotopic (exact) mass is 176 g/mol. The second kappa shape index (κ2) is 5.04. The fourth-order valence-electron chi connectivity index (χ4n) is 0.531. The summed E-state index contributed by atoms with van der Waals surface area (Å²) in [5.41, 5.74) is 0.215. The SMILES string of the molecule is CCC(C)OCC(C)(C)CS. The van der Waals surface area contributed by atoms with Gasteiger partial charge in [0.25, 0.3) is 0 Å². The summed E-state index contributed by atoms with van der Waals surface area (Å²) in [4.78, 5) is 0. The number of ether oxygens (including phenoxy) is 1. The average Bonchev–Trinajstić information content (AvgIpc) is 2.00. The van der Waals surface area contributed by atoms with E-state index < -0.39 is 0 Å². The largest absolute Gasteiger partial charge is 0.378 e. The van der Waals surface area contributed by atoms with Crippen LogP contribution in [0.2, 0.25) is 0 Å². The van der Waals surface area contributed by atoms with Gasteiger partial charge >= 0.3 is 0 Å². The van der Waals surface area contributed by atoms with Crippen LogP contribution in [0.5, 0.6) is 0 Å². The van der Waals surface area contributed by atoms with Gasteiger partial charge in [-0.15, -0.1) is 0 Å². The minimum Gasteiger partial charge on any atom is -0.378 e. The van der Waals surface area contributed by atoms with Crippen molar-refractivity contribution in [3.63, 3.8) is 0 Å². The van der Waals surface area contributed by atoms with Crippen LogP contribution in [0.15, 0.2) is 0 Å². The molecule has 1 unspecified atom stereocenters. The predicted octanol–water partition coefficient (Wildman–Crippen LogP) is 2.76. The van der Waals surface area contributed by atoms with E-state index in [0.717, 1.165) is 18.8 Å². The van der Waals surface area contributed by atoms with Crippen LogP contribution in [0.1, 0.15) is 34.1 Å². The van der Waals surface area contributed by atoms with Crippen molar-refractivity contribution in [1.29, 1.82) is 0 Å². The molecule has 0 bridgehead atoms. The molecule has 1 nitrogen and oxygen atoms in total. The standard InChI is InChI=1S/C9H20OS/c1-5-8(2)10-6-9(3,4)7-11/h8,11H,5-7H2,1-4H3. The normalized spacial score (nSPS) is 15.0. The minimum atomic E-state index is 0.215. The highest BCUT2D eigenvalue weighted by molar-refractivity contribution is 7.80. The molecule has 0 aromatic heterocycles. The highest BCUT2D eigenvalue weighted by Gasteiger charge is 2.16. The predicted molar refractivity (Wildman–Crippen MR) is 53.3 cm³/mol. The van der Waals surface area contributed by atoms with Gasteiger partial charge in [0.15, 0.2) is 0 Å². The van der Waals surface area contributed by atoms with Gasteiger partial charge in [0.1, 0.15) is 0 Å². The molecule has 68 valence electrons. The van der Waals surface area contributed by atoms with Gasteiger partial charge in [0.05, 0.1) is 12.7 Å². The van der Waals surface area contributed by atoms with Crippen molar-refractivity contribution in [2.24, 2.45) is 5.41 Å². The number of thiol groups is 1. The molecule has 0 fully saturated rings. The third kappa shape index (κ3) is 5.57. The molecule has 0 aromatic carbocycles. The van der Waals surface area contributed by atoms with Crippen LogP contribution in [0, 0.1) is 5.41 Å². The van der Waals surface area contributed by atoms with Crippen LogP contribution < -0.4 is 0 Å². The topological polar surface area (TPSA) is 9.23 Å². The van der Waals surface area contributed by atoms with Crippen molar-refractivity contribution in [2.45, 2.75) is 40.2 Å². The Morgan fingerprint density at radius 3 is 2.36 bits per heavy atom. The van der Waals surface area contributed by atoms with Crippen LogP contribution in [0.4, 0.5) is 0 Å². The van der Waals surface area contributed by atoms with Gasteiger partial charge in [-0.25, -0.2) is 0 Å². The molecule has 0 radical (unpaired) electrons. The van der Waals surface area contributed by atoms with Crippen molar-refractivity contribution in [3.8, 4) is 0 Å². The molecule has 11 heavy (non-hydrogen) atoms. The summed E-state index contributed by atoms with van der Waals surface area (Å²) in [6.07, 6.45) is 1.47. The van der Waals surface area contributed by atoms with Crippen molar-refractivity contribution in [1.82, 2.24) is 0 Å². The second-order valence-electron chi connectivity index (χ2n) is 3.85. The number of rotatable bonds is 5. The molecule has 0 N–H and O–H groups in total. The molecule has 0 amide bonds. The summed E-state index contributed by atoms with van der Waals surface area (Å²) in [7, 11) is 0. The highest BCUT2D eigenvalue weighted by Crippen LogP contribution is 2.17. The lowest BCUT2D eigenvalue weighted by atomic mass is 9.98. The zero-order valence-corrected chi connectivity index (χ0v) is 8.95. The molecule has 0 aliphatic rings. The molecular weight excluding hydrogens is 156 g/mol. The van der Waals surface area contributed by atoms with Crippen LogP contribution in [0.3, 0.4) is 0 Å². The summed E-state index contributed by atoms with van der Waals surface area (Å²) < 4.78 is 5.60. The Balaban J connectivity index is 3.52. The first kappa shape index (κ1) is 11.3. The van der Waals surface area contributed by atoms with E-state index in [0.29, 0.717) is 6.10 Å².